The second-order valence-corrected chi connectivity index (χ2v) is 6.81. The molecule has 2 atom stereocenters. The standard InChI is InChI=1S/C16H23F2N/c1-15(2,3)13-9-4-5-10-16(13,19)11-7-6-8-12(17)14(11)18/h6-8,13H,4-5,9-10,19H2,1-3H3. The fraction of sp³-hybridized carbons (Fsp3) is 0.625. The van der Waals surface area contributed by atoms with E-state index in [0.717, 1.165) is 31.7 Å². The molecule has 1 fully saturated rings. The number of nitrogens with two attached hydrogens (primary N) is 1. The van der Waals surface area contributed by atoms with E-state index in [-0.39, 0.29) is 11.3 Å². The second-order valence-electron chi connectivity index (χ2n) is 6.81. The summed E-state index contributed by atoms with van der Waals surface area (Å²) in [6.45, 7) is 6.38. The van der Waals surface area contributed by atoms with Gasteiger partial charge >= 0.3 is 0 Å². The first-order chi connectivity index (χ1) is 8.77. The predicted octanol–water partition coefficient (Wildman–Crippen LogP) is 4.36. The third kappa shape index (κ3) is 2.53. The molecule has 0 heterocycles. The number of benzene rings is 1. The van der Waals surface area contributed by atoms with Gasteiger partial charge in [-0.05, 0) is 30.2 Å². The molecular formula is C16H23F2N. The van der Waals surface area contributed by atoms with Crippen molar-refractivity contribution in [3.63, 3.8) is 0 Å². The first kappa shape index (κ1) is 14.4. The van der Waals surface area contributed by atoms with Crippen molar-refractivity contribution in [2.45, 2.75) is 52.0 Å². The van der Waals surface area contributed by atoms with Crippen LogP contribution in [0.4, 0.5) is 8.78 Å². The summed E-state index contributed by atoms with van der Waals surface area (Å²) >= 11 is 0. The van der Waals surface area contributed by atoms with E-state index in [0.29, 0.717) is 5.56 Å². The first-order valence-electron chi connectivity index (χ1n) is 7.00. The molecule has 0 amide bonds. The van der Waals surface area contributed by atoms with E-state index in [2.05, 4.69) is 20.8 Å². The summed E-state index contributed by atoms with van der Waals surface area (Å²) in [7, 11) is 0. The summed E-state index contributed by atoms with van der Waals surface area (Å²) < 4.78 is 27.6. The smallest absolute Gasteiger partial charge is 0.163 e. The van der Waals surface area contributed by atoms with Crippen molar-refractivity contribution in [1.82, 2.24) is 0 Å². The highest BCUT2D eigenvalue weighted by atomic mass is 19.2. The van der Waals surface area contributed by atoms with Crippen molar-refractivity contribution in [2.75, 3.05) is 0 Å². The van der Waals surface area contributed by atoms with Gasteiger partial charge < -0.3 is 5.73 Å². The number of rotatable bonds is 1. The van der Waals surface area contributed by atoms with E-state index in [1.165, 1.54) is 0 Å². The lowest BCUT2D eigenvalue weighted by Crippen LogP contribution is -2.51. The Morgan fingerprint density at radius 3 is 2.53 bits per heavy atom. The Balaban J connectivity index is 2.51. The van der Waals surface area contributed by atoms with Gasteiger partial charge in [0.25, 0.3) is 0 Å². The van der Waals surface area contributed by atoms with Gasteiger partial charge in [-0.2, -0.15) is 0 Å². The van der Waals surface area contributed by atoms with Gasteiger partial charge in [0.15, 0.2) is 11.6 Å². The van der Waals surface area contributed by atoms with E-state index in [1.807, 2.05) is 0 Å². The van der Waals surface area contributed by atoms with Crippen molar-refractivity contribution >= 4 is 0 Å². The lowest BCUT2D eigenvalue weighted by atomic mass is 9.60. The molecule has 0 spiro atoms. The van der Waals surface area contributed by atoms with Gasteiger partial charge in [-0.15, -0.1) is 0 Å². The molecule has 0 aliphatic heterocycles. The fourth-order valence-corrected chi connectivity index (χ4v) is 3.59. The van der Waals surface area contributed by atoms with Crippen molar-refractivity contribution < 1.29 is 8.78 Å². The Morgan fingerprint density at radius 1 is 1.21 bits per heavy atom. The van der Waals surface area contributed by atoms with Gasteiger partial charge in [0.1, 0.15) is 0 Å². The van der Waals surface area contributed by atoms with Gasteiger partial charge in [-0.25, -0.2) is 8.78 Å². The Morgan fingerprint density at radius 2 is 1.89 bits per heavy atom. The third-order valence-corrected chi connectivity index (χ3v) is 4.45. The summed E-state index contributed by atoms with van der Waals surface area (Å²) in [6.07, 6.45) is 3.77. The summed E-state index contributed by atoms with van der Waals surface area (Å²) in [4.78, 5) is 0. The number of hydrogen-bond donors (Lipinski definition) is 1. The van der Waals surface area contributed by atoms with E-state index < -0.39 is 17.2 Å². The second kappa shape index (κ2) is 4.86. The van der Waals surface area contributed by atoms with Crippen LogP contribution in [0, 0.1) is 23.0 Å². The molecule has 1 aliphatic rings. The van der Waals surface area contributed by atoms with E-state index >= 15 is 0 Å². The maximum absolute atomic E-state index is 14.1. The Kier molecular flexibility index (Phi) is 3.69. The molecular weight excluding hydrogens is 244 g/mol. The van der Waals surface area contributed by atoms with Crippen LogP contribution >= 0.6 is 0 Å². The summed E-state index contributed by atoms with van der Waals surface area (Å²) in [6, 6.07) is 4.34. The van der Waals surface area contributed by atoms with Gasteiger partial charge in [0.2, 0.25) is 0 Å². The predicted molar refractivity (Wildman–Crippen MR) is 73.6 cm³/mol. The average molecular weight is 267 g/mol. The summed E-state index contributed by atoms with van der Waals surface area (Å²) in [5.74, 6) is -1.42. The fourth-order valence-electron chi connectivity index (χ4n) is 3.59. The zero-order chi connectivity index (χ0) is 14.3. The largest absolute Gasteiger partial charge is 0.321 e. The molecule has 0 aromatic heterocycles. The maximum atomic E-state index is 14.1. The molecule has 106 valence electrons. The molecule has 1 nitrogen and oxygen atoms in total. The van der Waals surface area contributed by atoms with Crippen LogP contribution in [-0.4, -0.2) is 0 Å². The lowest BCUT2D eigenvalue weighted by molar-refractivity contribution is 0.0747. The van der Waals surface area contributed by atoms with Crippen molar-refractivity contribution in [3.8, 4) is 0 Å². The number of halogens is 2. The lowest BCUT2D eigenvalue weighted by Gasteiger charge is -2.48. The first-order valence-corrected chi connectivity index (χ1v) is 7.00. The van der Waals surface area contributed by atoms with Crippen LogP contribution in [0.5, 0.6) is 0 Å². The Hall–Kier alpha value is -0.960. The van der Waals surface area contributed by atoms with E-state index in [4.69, 9.17) is 5.73 Å². The van der Waals surface area contributed by atoms with Crippen LogP contribution in [0.25, 0.3) is 0 Å². The average Bonchev–Trinajstić information content (AvgIpc) is 2.31. The molecule has 2 rings (SSSR count). The molecule has 1 aromatic carbocycles. The minimum absolute atomic E-state index is 0.0199. The molecule has 2 unspecified atom stereocenters. The van der Waals surface area contributed by atoms with Crippen LogP contribution < -0.4 is 5.73 Å². The molecule has 1 aromatic rings. The maximum Gasteiger partial charge on any atom is 0.163 e. The molecule has 2 N–H and O–H groups in total. The SMILES string of the molecule is CC(C)(C)C1CCCCC1(N)c1cccc(F)c1F. The van der Waals surface area contributed by atoms with Gasteiger partial charge in [-0.1, -0.05) is 45.7 Å². The van der Waals surface area contributed by atoms with Crippen LogP contribution in [-0.2, 0) is 5.54 Å². The Labute approximate surface area is 114 Å². The quantitative estimate of drug-likeness (QED) is 0.804. The van der Waals surface area contributed by atoms with Crippen molar-refractivity contribution in [1.29, 1.82) is 0 Å². The normalized spacial score (nSPS) is 28.4. The van der Waals surface area contributed by atoms with E-state index in [9.17, 15) is 8.78 Å². The monoisotopic (exact) mass is 267 g/mol. The Bertz CT molecular complexity index is 464. The van der Waals surface area contributed by atoms with Crippen molar-refractivity contribution in [3.05, 3.63) is 35.4 Å². The van der Waals surface area contributed by atoms with Gasteiger partial charge in [0.05, 0.1) is 0 Å². The van der Waals surface area contributed by atoms with Crippen molar-refractivity contribution in [2.24, 2.45) is 17.1 Å². The zero-order valence-electron chi connectivity index (χ0n) is 12.0. The molecule has 3 heteroatoms. The van der Waals surface area contributed by atoms with E-state index in [1.54, 1.807) is 12.1 Å². The molecule has 1 aliphatic carbocycles. The van der Waals surface area contributed by atoms with Crippen LogP contribution in [0.2, 0.25) is 0 Å². The minimum Gasteiger partial charge on any atom is -0.321 e. The third-order valence-electron chi connectivity index (χ3n) is 4.45. The minimum atomic E-state index is -0.805. The van der Waals surface area contributed by atoms with Gasteiger partial charge in [-0.3, -0.25) is 0 Å². The highest BCUT2D eigenvalue weighted by molar-refractivity contribution is 5.29. The molecule has 19 heavy (non-hydrogen) atoms. The topological polar surface area (TPSA) is 26.0 Å². The molecule has 1 saturated carbocycles. The van der Waals surface area contributed by atoms with Crippen LogP contribution in [0.3, 0.4) is 0 Å². The van der Waals surface area contributed by atoms with Crippen LogP contribution in [0.15, 0.2) is 18.2 Å². The van der Waals surface area contributed by atoms with Gasteiger partial charge in [0, 0.05) is 11.1 Å². The summed E-state index contributed by atoms with van der Waals surface area (Å²) in [5, 5.41) is 0. The molecule has 0 saturated heterocycles. The zero-order valence-corrected chi connectivity index (χ0v) is 12.0. The van der Waals surface area contributed by atoms with Crippen LogP contribution in [0.1, 0.15) is 52.0 Å². The molecule has 0 bridgehead atoms. The number of hydrogen-bond acceptors (Lipinski definition) is 1. The highest BCUT2D eigenvalue weighted by Gasteiger charge is 2.46. The summed E-state index contributed by atoms with van der Waals surface area (Å²) in [5.41, 5.74) is 6.13. The highest BCUT2D eigenvalue weighted by Crippen LogP contribution is 2.48. The molecule has 0 radical (unpaired) electrons.